The minimum atomic E-state index is -1.04. The van der Waals surface area contributed by atoms with Gasteiger partial charge >= 0.3 is 5.97 Å². The molecule has 1 aromatic carbocycles. The number of benzene rings is 1. The maximum absolute atomic E-state index is 13.5. The molecule has 0 aliphatic heterocycles. The van der Waals surface area contributed by atoms with E-state index < -0.39 is 5.97 Å². The molecule has 0 saturated heterocycles. The number of rotatable bonds is 4. The number of hydrogen-bond acceptors (Lipinski definition) is 3. The van der Waals surface area contributed by atoms with Crippen molar-refractivity contribution in [3.05, 3.63) is 52.0 Å². The van der Waals surface area contributed by atoms with Crippen molar-refractivity contribution in [2.45, 2.75) is 10.6 Å². The van der Waals surface area contributed by atoms with Gasteiger partial charge in [-0.05, 0) is 40.6 Å². The Hall–Kier alpha value is -1.33. The van der Waals surface area contributed by atoms with Gasteiger partial charge in [-0.1, -0.05) is 0 Å². The van der Waals surface area contributed by atoms with E-state index in [1.165, 1.54) is 30.0 Å². The fraction of sp³-hybridized carbons (Fsp3) is 0.0833. The molecule has 88 valence electrons. The molecule has 2 nitrogen and oxygen atoms in total. The number of carbonyl (C=O) groups is 1. The van der Waals surface area contributed by atoms with Crippen LogP contribution in [0.2, 0.25) is 0 Å². The predicted molar refractivity (Wildman–Crippen MR) is 67.2 cm³/mol. The van der Waals surface area contributed by atoms with Gasteiger partial charge in [0.15, 0.2) is 0 Å². The van der Waals surface area contributed by atoms with Gasteiger partial charge in [-0.3, -0.25) is 0 Å². The fourth-order valence-electron chi connectivity index (χ4n) is 1.28. The molecule has 0 aliphatic carbocycles. The molecule has 0 atom stereocenters. The quantitative estimate of drug-likeness (QED) is 0.855. The van der Waals surface area contributed by atoms with Crippen LogP contribution in [0, 0.1) is 5.82 Å². The van der Waals surface area contributed by atoms with E-state index in [4.69, 9.17) is 5.11 Å². The van der Waals surface area contributed by atoms with Crippen LogP contribution in [0.25, 0.3) is 0 Å². The zero-order chi connectivity index (χ0) is 12.3. The molecular weight excluding hydrogens is 259 g/mol. The third-order valence-electron chi connectivity index (χ3n) is 2.15. The van der Waals surface area contributed by atoms with Crippen molar-refractivity contribution in [3.63, 3.8) is 0 Å². The highest BCUT2D eigenvalue weighted by molar-refractivity contribution is 7.98. The second-order valence-electron chi connectivity index (χ2n) is 3.37. The molecule has 1 aromatic heterocycles. The van der Waals surface area contributed by atoms with Crippen LogP contribution in [0.3, 0.4) is 0 Å². The van der Waals surface area contributed by atoms with E-state index in [-0.39, 0.29) is 11.4 Å². The largest absolute Gasteiger partial charge is 0.478 e. The molecule has 17 heavy (non-hydrogen) atoms. The van der Waals surface area contributed by atoms with Crippen molar-refractivity contribution < 1.29 is 14.3 Å². The molecule has 5 heteroatoms. The number of thioether (sulfide) groups is 1. The average molecular weight is 268 g/mol. The van der Waals surface area contributed by atoms with Gasteiger partial charge in [-0.25, -0.2) is 9.18 Å². The van der Waals surface area contributed by atoms with Gasteiger partial charge in [-0.2, -0.15) is 11.3 Å². The minimum absolute atomic E-state index is 0.110. The highest BCUT2D eigenvalue weighted by Gasteiger charge is 2.09. The molecule has 0 radical (unpaired) electrons. The molecule has 1 heterocycles. The zero-order valence-corrected chi connectivity index (χ0v) is 10.4. The fourth-order valence-corrected chi connectivity index (χ4v) is 2.97. The predicted octanol–water partition coefficient (Wildman–Crippen LogP) is 3.88. The summed E-state index contributed by atoms with van der Waals surface area (Å²) in [6.07, 6.45) is 0. The molecule has 2 rings (SSSR count). The van der Waals surface area contributed by atoms with Crippen LogP contribution in [0.4, 0.5) is 4.39 Å². The number of aromatic carboxylic acids is 1. The van der Waals surface area contributed by atoms with Crippen LogP contribution in [-0.4, -0.2) is 11.1 Å². The van der Waals surface area contributed by atoms with Crippen LogP contribution in [0.15, 0.2) is 39.9 Å². The maximum Gasteiger partial charge on any atom is 0.335 e. The number of carboxylic acid groups (broad SMARTS) is 1. The summed E-state index contributed by atoms with van der Waals surface area (Å²) in [5.41, 5.74) is 1.22. The second kappa shape index (κ2) is 5.33. The van der Waals surface area contributed by atoms with Crippen LogP contribution >= 0.6 is 23.1 Å². The lowest BCUT2D eigenvalue weighted by Gasteiger charge is -2.03. The Morgan fingerprint density at radius 3 is 2.88 bits per heavy atom. The Labute approximate surface area is 106 Å². The number of halogens is 1. The van der Waals surface area contributed by atoms with E-state index in [1.807, 2.05) is 16.8 Å². The summed E-state index contributed by atoms with van der Waals surface area (Å²) in [5, 5.41) is 12.8. The van der Waals surface area contributed by atoms with Gasteiger partial charge in [0.25, 0.3) is 0 Å². The molecule has 0 aliphatic rings. The summed E-state index contributed by atoms with van der Waals surface area (Å²) >= 11 is 2.89. The Bertz CT molecular complexity index is 523. The summed E-state index contributed by atoms with van der Waals surface area (Å²) in [6.45, 7) is 0. The van der Waals surface area contributed by atoms with E-state index in [1.54, 1.807) is 11.3 Å². The first-order valence-electron chi connectivity index (χ1n) is 4.83. The Kier molecular flexibility index (Phi) is 3.81. The average Bonchev–Trinajstić information content (AvgIpc) is 2.80. The van der Waals surface area contributed by atoms with E-state index >= 15 is 0 Å². The number of thiophene rings is 1. The standard InChI is InChI=1S/C12H9FO2S2/c13-10-2-1-9(12(14)15)5-11(10)17-7-8-3-4-16-6-8/h1-6H,7H2,(H,14,15). The molecule has 0 bridgehead atoms. The van der Waals surface area contributed by atoms with Crippen molar-refractivity contribution in [2.24, 2.45) is 0 Å². The van der Waals surface area contributed by atoms with Crippen molar-refractivity contribution in [1.29, 1.82) is 0 Å². The third kappa shape index (κ3) is 3.08. The van der Waals surface area contributed by atoms with Crippen LogP contribution in [-0.2, 0) is 5.75 Å². The molecule has 2 aromatic rings. The van der Waals surface area contributed by atoms with E-state index in [0.717, 1.165) is 5.56 Å². The van der Waals surface area contributed by atoms with Gasteiger partial charge in [0.05, 0.1) is 5.56 Å². The molecule has 0 spiro atoms. The first kappa shape index (κ1) is 12.1. The molecule has 0 unspecified atom stereocenters. The number of carboxylic acids is 1. The molecule has 1 N–H and O–H groups in total. The lowest BCUT2D eigenvalue weighted by molar-refractivity contribution is 0.0696. The van der Waals surface area contributed by atoms with E-state index in [9.17, 15) is 9.18 Å². The lowest BCUT2D eigenvalue weighted by atomic mass is 10.2. The summed E-state index contributed by atoms with van der Waals surface area (Å²) in [6, 6.07) is 5.80. The zero-order valence-electron chi connectivity index (χ0n) is 8.72. The first-order chi connectivity index (χ1) is 8.16. The summed E-state index contributed by atoms with van der Waals surface area (Å²) < 4.78 is 13.5. The van der Waals surface area contributed by atoms with E-state index in [2.05, 4.69) is 0 Å². The van der Waals surface area contributed by atoms with Gasteiger partial charge in [0.1, 0.15) is 5.82 Å². The van der Waals surface area contributed by atoms with Gasteiger partial charge < -0.3 is 5.11 Å². The first-order valence-corrected chi connectivity index (χ1v) is 6.76. The van der Waals surface area contributed by atoms with Crippen molar-refractivity contribution in [2.75, 3.05) is 0 Å². The monoisotopic (exact) mass is 268 g/mol. The number of hydrogen-bond donors (Lipinski definition) is 1. The highest BCUT2D eigenvalue weighted by atomic mass is 32.2. The lowest BCUT2D eigenvalue weighted by Crippen LogP contribution is -1.97. The normalized spacial score (nSPS) is 10.4. The third-order valence-corrected chi connectivity index (χ3v) is 3.99. The van der Waals surface area contributed by atoms with Gasteiger partial charge in [-0.15, -0.1) is 11.8 Å². The van der Waals surface area contributed by atoms with Crippen LogP contribution in [0.5, 0.6) is 0 Å². The SMILES string of the molecule is O=C(O)c1ccc(F)c(SCc2ccsc2)c1. The van der Waals surface area contributed by atoms with Crippen LogP contribution in [0.1, 0.15) is 15.9 Å². The summed E-state index contributed by atoms with van der Waals surface area (Å²) in [5.74, 6) is -0.777. The summed E-state index contributed by atoms with van der Waals surface area (Å²) in [7, 11) is 0. The Balaban J connectivity index is 2.14. The maximum atomic E-state index is 13.5. The van der Waals surface area contributed by atoms with E-state index in [0.29, 0.717) is 10.6 Å². The van der Waals surface area contributed by atoms with Gasteiger partial charge in [0, 0.05) is 10.6 Å². The smallest absolute Gasteiger partial charge is 0.335 e. The Morgan fingerprint density at radius 1 is 1.41 bits per heavy atom. The van der Waals surface area contributed by atoms with Gasteiger partial charge in [0.2, 0.25) is 0 Å². The molecular formula is C12H9FO2S2. The molecule has 0 amide bonds. The second-order valence-corrected chi connectivity index (χ2v) is 5.17. The molecule has 0 saturated carbocycles. The van der Waals surface area contributed by atoms with Crippen molar-refractivity contribution in [3.8, 4) is 0 Å². The molecule has 0 fully saturated rings. The highest BCUT2D eigenvalue weighted by Crippen LogP contribution is 2.27. The van der Waals surface area contributed by atoms with Crippen molar-refractivity contribution >= 4 is 29.1 Å². The van der Waals surface area contributed by atoms with Crippen LogP contribution < -0.4 is 0 Å². The summed E-state index contributed by atoms with van der Waals surface area (Å²) in [4.78, 5) is 11.1. The van der Waals surface area contributed by atoms with Crippen molar-refractivity contribution in [1.82, 2.24) is 0 Å². The Morgan fingerprint density at radius 2 is 2.24 bits per heavy atom. The topological polar surface area (TPSA) is 37.3 Å². The minimum Gasteiger partial charge on any atom is -0.478 e.